The third-order valence-electron chi connectivity index (χ3n) is 7.05. The molecule has 1 heterocycles. The van der Waals surface area contributed by atoms with E-state index >= 15 is 0 Å². The Bertz CT molecular complexity index is 1070. The first kappa shape index (κ1) is 22.4. The first-order valence-electron chi connectivity index (χ1n) is 11.7. The van der Waals surface area contributed by atoms with Gasteiger partial charge >= 0.3 is 12.1 Å². The van der Waals surface area contributed by atoms with Crippen molar-refractivity contribution in [3.8, 4) is 11.1 Å². The molecule has 2 unspecified atom stereocenters. The molecule has 0 radical (unpaired) electrons. The zero-order valence-corrected chi connectivity index (χ0v) is 18.7. The maximum absolute atomic E-state index is 13.2. The zero-order chi connectivity index (χ0) is 23.8. The van der Waals surface area contributed by atoms with Crippen molar-refractivity contribution in [3.63, 3.8) is 0 Å². The van der Waals surface area contributed by atoms with E-state index in [2.05, 4.69) is 17.4 Å². The van der Waals surface area contributed by atoms with Gasteiger partial charge in [0, 0.05) is 18.9 Å². The molecule has 2 fully saturated rings. The molecular formula is C26H28N2O6. The number of carboxylic acid groups (broad SMARTS) is 1. The minimum absolute atomic E-state index is 0.0117. The van der Waals surface area contributed by atoms with Gasteiger partial charge in [-0.05, 0) is 34.6 Å². The normalized spacial score (nSPS) is 22.1. The Labute approximate surface area is 197 Å². The van der Waals surface area contributed by atoms with Crippen molar-refractivity contribution in [2.75, 3.05) is 13.2 Å². The van der Waals surface area contributed by atoms with Gasteiger partial charge in [0.05, 0.1) is 6.10 Å². The molecule has 1 saturated heterocycles. The van der Waals surface area contributed by atoms with Crippen molar-refractivity contribution in [2.24, 2.45) is 5.92 Å². The number of nitrogens with zero attached hydrogens (tertiary/aromatic N) is 1. The predicted octanol–water partition coefficient (Wildman–Crippen LogP) is 2.74. The van der Waals surface area contributed by atoms with Crippen molar-refractivity contribution < 1.29 is 29.3 Å². The summed E-state index contributed by atoms with van der Waals surface area (Å²) in [5, 5.41) is 22.1. The van der Waals surface area contributed by atoms with Gasteiger partial charge in [-0.2, -0.15) is 0 Å². The summed E-state index contributed by atoms with van der Waals surface area (Å²) >= 11 is 0. The Balaban J connectivity index is 1.27. The average molecular weight is 465 g/mol. The second-order valence-corrected chi connectivity index (χ2v) is 9.44. The summed E-state index contributed by atoms with van der Waals surface area (Å²) < 4.78 is 5.59. The van der Waals surface area contributed by atoms with Crippen LogP contribution in [0.2, 0.25) is 0 Å². The predicted molar refractivity (Wildman–Crippen MR) is 123 cm³/mol. The van der Waals surface area contributed by atoms with Gasteiger partial charge in [-0.25, -0.2) is 9.59 Å². The molecule has 3 aliphatic rings. The first-order chi connectivity index (χ1) is 16.4. The molecule has 2 amide bonds. The summed E-state index contributed by atoms with van der Waals surface area (Å²) in [5.41, 5.74) is 4.44. The molecule has 3 atom stereocenters. The largest absolute Gasteiger partial charge is 0.480 e. The molecule has 0 spiro atoms. The van der Waals surface area contributed by atoms with Gasteiger partial charge in [0.2, 0.25) is 5.91 Å². The minimum atomic E-state index is -1.16. The number of hydrogen-bond acceptors (Lipinski definition) is 5. The fourth-order valence-corrected chi connectivity index (χ4v) is 5.18. The number of carbonyl (C=O) groups is 3. The summed E-state index contributed by atoms with van der Waals surface area (Å²) in [6, 6.07) is 14.1. The summed E-state index contributed by atoms with van der Waals surface area (Å²) in [7, 11) is 0. The van der Waals surface area contributed by atoms with Gasteiger partial charge in [0.15, 0.2) is 0 Å². The molecule has 2 aromatic carbocycles. The molecule has 1 saturated carbocycles. The van der Waals surface area contributed by atoms with Crippen LogP contribution in [0.25, 0.3) is 11.1 Å². The summed E-state index contributed by atoms with van der Waals surface area (Å²) in [6.45, 7) is 0.0771. The maximum Gasteiger partial charge on any atom is 0.407 e. The van der Waals surface area contributed by atoms with E-state index in [9.17, 15) is 24.6 Å². The van der Waals surface area contributed by atoms with Crippen molar-refractivity contribution in [1.82, 2.24) is 10.2 Å². The van der Waals surface area contributed by atoms with E-state index in [0.717, 1.165) is 35.1 Å². The van der Waals surface area contributed by atoms with E-state index in [4.69, 9.17) is 4.74 Å². The second kappa shape index (κ2) is 9.10. The lowest BCUT2D eigenvalue weighted by Crippen LogP contribution is -2.52. The lowest BCUT2D eigenvalue weighted by Gasteiger charge is -2.27. The number of likely N-dealkylation sites (tertiary alicyclic amines) is 1. The smallest absolute Gasteiger partial charge is 0.407 e. The highest BCUT2D eigenvalue weighted by Crippen LogP contribution is 2.44. The molecule has 0 aromatic heterocycles. The van der Waals surface area contributed by atoms with Crippen LogP contribution in [0.3, 0.4) is 0 Å². The van der Waals surface area contributed by atoms with Crippen LogP contribution in [0, 0.1) is 5.92 Å². The number of β-amino-alcohol motifs (C(OH)–C–C–N with tert-alkyl or cyclic N) is 1. The molecule has 8 heteroatoms. The van der Waals surface area contributed by atoms with Gasteiger partial charge in [0.25, 0.3) is 0 Å². The number of carboxylic acids is 1. The van der Waals surface area contributed by atoms with Crippen LogP contribution in [0.4, 0.5) is 4.79 Å². The molecule has 3 N–H and O–H groups in total. The van der Waals surface area contributed by atoms with Crippen LogP contribution in [0.1, 0.15) is 42.7 Å². The zero-order valence-electron chi connectivity index (χ0n) is 18.7. The van der Waals surface area contributed by atoms with Crippen molar-refractivity contribution in [1.29, 1.82) is 0 Å². The second-order valence-electron chi connectivity index (χ2n) is 9.44. The Morgan fingerprint density at radius 3 is 2.24 bits per heavy atom. The molecule has 1 aliphatic heterocycles. The minimum Gasteiger partial charge on any atom is -0.480 e. The van der Waals surface area contributed by atoms with E-state index in [0.29, 0.717) is 12.3 Å². The van der Waals surface area contributed by atoms with Gasteiger partial charge in [-0.3, -0.25) is 4.79 Å². The SMILES string of the molecule is O=C(NC(CC1CC1)C(=O)N1CC(O)C[C@H]1C(=O)O)OCC1c2ccccc2-c2ccccc21. The highest BCUT2D eigenvalue weighted by atomic mass is 16.5. The molecule has 5 rings (SSSR count). The molecular weight excluding hydrogens is 436 g/mol. The number of nitrogens with one attached hydrogen (secondary N) is 1. The monoisotopic (exact) mass is 464 g/mol. The quantitative estimate of drug-likeness (QED) is 0.580. The highest BCUT2D eigenvalue weighted by Gasteiger charge is 2.43. The number of ether oxygens (including phenoxy) is 1. The van der Waals surface area contributed by atoms with Crippen LogP contribution in [0.15, 0.2) is 48.5 Å². The molecule has 178 valence electrons. The van der Waals surface area contributed by atoms with Crippen molar-refractivity contribution in [3.05, 3.63) is 59.7 Å². The van der Waals surface area contributed by atoms with Gasteiger partial charge in [-0.15, -0.1) is 0 Å². The first-order valence-corrected chi connectivity index (χ1v) is 11.7. The highest BCUT2D eigenvalue weighted by molar-refractivity contribution is 5.90. The molecule has 34 heavy (non-hydrogen) atoms. The van der Waals surface area contributed by atoms with Crippen LogP contribution in [-0.4, -0.2) is 64.4 Å². The van der Waals surface area contributed by atoms with Gasteiger partial charge < -0.3 is 25.2 Å². The number of amides is 2. The summed E-state index contributed by atoms with van der Waals surface area (Å²) in [5.74, 6) is -1.42. The van der Waals surface area contributed by atoms with Crippen molar-refractivity contribution >= 4 is 18.0 Å². The number of aliphatic carboxylic acids is 1. The van der Waals surface area contributed by atoms with E-state index in [-0.39, 0.29) is 25.5 Å². The number of fused-ring (bicyclic) bond motifs is 3. The lowest BCUT2D eigenvalue weighted by molar-refractivity contribution is -0.149. The molecule has 2 aliphatic carbocycles. The topological polar surface area (TPSA) is 116 Å². The Hall–Kier alpha value is -3.39. The van der Waals surface area contributed by atoms with Crippen LogP contribution in [0.5, 0.6) is 0 Å². The van der Waals surface area contributed by atoms with E-state index in [1.165, 1.54) is 4.90 Å². The Morgan fingerprint density at radius 1 is 1.03 bits per heavy atom. The standard InChI is InChI=1S/C26H28N2O6/c29-16-12-23(25(31)32)28(13-16)24(30)22(11-15-9-10-15)27-26(33)34-14-21-19-7-3-1-5-17(19)18-6-2-4-8-20(18)21/h1-8,15-16,21-23,29H,9-14H2,(H,27,33)(H,31,32)/t16?,22?,23-/m0/s1. The third kappa shape index (κ3) is 4.37. The average Bonchev–Trinajstić information content (AvgIpc) is 3.47. The van der Waals surface area contributed by atoms with Crippen LogP contribution in [-0.2, 0) is 14.3 Å². The number of hydrogen-bond donors (Lipinski definition) is 3. The lowest BCUT2D eigenvalue weighted by atomic mass is 9.98. The number of carbonyl (C=O) groups excluding carboxylic acids is 2. The summed E-state index contributed by atoms with van der Waals surface area (Å²) in [4.78, 5) is 38.7. The van der Waals surface area contributed by atoms with Crippen LogP contribution < -0.4 is 5.32 Å². The van der Waals surface area contributed by atoms with Gasteiger partial charge in [-0.1, -0.05) is 61.4 Å². The molecule has 8 nitrogen and oxygen atoms in total. The van der Waals surface area contributed by atoms with E-state index in [1.54, 1.807) is 0 Å². The fourth-order valence-electron chi connectivity index (χ4n) is 5.18. The fraction of sp³-hybridized carbons (Fsp3) is 0.423. The Morgan fingerprint density at radius 2 is 1.65 bits per heavy atom. The number of aliphatic hydroxyl groups excluding tert-OH is 1. The molecule has 2 aromatic rings. The Kier molecular flexibility index (Phi) is 6.00. The number of aliphatic hydroxyl groups is 1. The maximum atomic E-state index is 13.2. The van der Waals surface area contributed by atoms with Crippen molar-refractivity contribution in [2.45, 2.75) is 49.8 Å². The van der Waals surface area contributed by atoms with Crippen LogP contribution >= 0.6 is 0 Å². The van der Waals surface area contributed by atoms with E-state index < -0.39 is 36.2 Å². The molecule has 0 bridgehead atoms. The number of alkyl carbamates (subject to hydrolysis) is 1. The third-order valence-corrected chi connectivity index (χ3v) is 7.05. The van der Waals surface area contributed by atoms with Gasteiger partial charge in [0.1, 0.15) is 18.7 Å². The number of benzene rings is 2. The summed E-state index contributed by atoms with van der Waals surface area (Å²) in [6.07, 6.45) is 0.778. The number of rotatable bonds is 7. The van der Waals surface area contributed by atoms with E-state index in [1.807, 2.05) is 36.4 Å².